The molecule has 0 saturated heterocycles. The quantitative estimate of drug-likeness (QED) is 0.856. The van der Waals surface area contributed by atoms with E-state index >= 15 is 0 Å². The minimum Gasteiger partial charge on any atom is -0.389 e. The van der Waals surface area contributed by atoms with Crippen LogP contribution in [0.2, 0.25) is 0 Å². The van der Waals surface area contributed by atoms with Crippen molar-refractivity contribution in [2.45, 2.75) is 64.9 Å². The first-order chi connectivity index (χ1) is 9.95. The maximum Gasteiger partial charge on any atom is 0.0744 e. The van der Waals surface area contributed by atoms with Crippen LogP contribution in [-0.4, -0.2) is 10.7 Å². The molecule has 0 radical (unpaired) electrons. The minimum absolute atomic E-state index is 0.418. The van der Waals surface area contributed by atoms with Crippen LogP contribution in [0.5, 0.6) is 0 Å². The van der Waals surface area contributed by atoms with Crippen molar-refractivity contribution in [3.63, 3.8) is 0 Å². The first-order valence-electron chi connectivity index (χ1n) is 8.75. The zero-order chi connectivity index (χ0) is 14.8. The number of aryl methyl sites for hydroxylation is 3. The van der Waals surface area contributed by atoms with Gasteiger partial charge in [-0.25, -0.2) is 0 Å². The molecule has 1 nitrogen and oxygen atoms in total. The molecule has 1 aromatic rings. The Morgan fingerprint density at radius 2 is 1.38 bits per heavy atom. The van der Waals surface area contributed by atoms with E-state index in [0.29, 0.717) is 11.8 Å². The Balaban J connectivity index is 1.68. The van der Waals surface area contributed by atoms with Gasteiger partial charge in [-0.15, -0.1) is 0 Å². The molecule has 4 bridgehead atoms. The average Bonchev–Trinajstić information content (AvgIpc) is 2.39. The summed E-state index contributed by atoms with van der Waals surface area (Å²) >= 11 is 0. The topological polar surface area (TPSA) is 20.2 Å². The number of hydrogen-bond acceptors (Lipinski definition) is 1. The lowest BCUT2D eigenvalue weighted by atomic mass is 9.49. The lowest BCUT2D eigenvalue weighted by Gasteiger charge is -2.59. The van der Waals surface area contributed by atoms with Crippen LogP contribution < -0.4 is 0 Å². The van der Waals surface area contributed by atoms with E-state index in [0.717, 1.165) is 18.3 Å². The van der Waals surface area contributed by atoms with E-state index in [2.05, 4.69) is 32.9 Å². The van der Waals surface area contributed by atoms with Gasteiger partial charge in [0.15, 0.2) is 0 Å². The molecular weight excluding hydrogens is 256 g/mol. The van der Waals surface area contributed by atoms with Gasteiger partial charge in [-0.3, -0.25) is 0 Å². The summed E-state index contributed by atoms with van der Waals surface area (Å²) in [5.41, 5.74) is 5.07. The standard InChI is InChI=1S/C20H28O/c1-12-4-13(2)19(14(3)5-12)11-20(21)17-7-15-6-16(9-17)10-18(20)8-15/h4-5,15-18,21H,6-11H2,1-3H3. The molecule has 114 valence electrons. The second-order valence-electron chi connectivity index (χ2n) is 8.35. The van der Waals surface area contributed by atoms with Crippen LogP contribution >= 0.6 is 0 Å². The van der Waals surface area contributed by atoms with Crippen molar-refractivity contribution >= 4 is 0 Å². The molecule has 4 aliphatic rings. The zero-order valence-corrected chi connectivity index (χ0v) is 13.7. The highest BCUT2D eigenvalue weighted by Crippen LogP contribution is 2.59. The van der Waals surface area contributed by atoms with Gasteiger partial charge in [0.1, 0.15) is 0 Å². The predicted octanol–water partition coefficient (Wildman–Crippen LogP) is 4.34. The van der Waals surface area contributed by atoms with E-state index in [-0.39, 0.29) is 0 Å². The molecule has 0 atom stereocenters. The Hall–Kier alpha value is -0.820. The van der Waals surface area contributed by atoms with Gasteiger partial charge in [0.2, 0.25) is 0 Å². The second-order valence-corrected chi connectivity index (χ2v) is 8.35. The summed E-state index contributed by atoms with van der Waals surface area (Å²) in [7, 11) is 0. The van der Waals surface area contributed by atoms with Gasteiger partial charge in [0.25, 0.3) is 0 Å². The largest absolute Gasteiger partial charge is 0.389 e. The number of hydrogen-bond donors (Lipinski definition) is 1. The van der Waals surface area contributed by atoms with Gasteiger partial charge in [0.05, 0.1) is 5.60 Å². The van der Waals surface area contributed by atoms with Crippen LogP contribution in [0.15, 0.2) is 12.1 Å². The normalized spacial score (nSPS) is 40.8. The summed E-state index contributed by atoms with van der Waals surface area (Å²) in [5, 5.41) is 11.6. The van der Waals surface area contributed by atoms with Crippen LogP contribution in [0, 0.1) is 44.4 Å². The number of aliphatic hydroxyl groups is 1. The molecule has 0 unspecified atom stereocenters. The Morgan fingerprint density at radius 3 is 1.86 bits per heavy atom. The lowest BCUT2D eigenvalue weighted by molar-refractivity contribution is -0.171. The van der Waals surface area contributed by atoms with E-state index in [4.69, 9.17) is 0 Å². The first kappa shape index (κ1) is 13.8. The molecule has 0 spiro atoms. The Labute approximate surface area is 128 Å². The van der Waals surface area contributed by atoms with Crippen LogP contribution in [0.4, 0.5) is 0 Å². The predicted molar refractivity (Wildman–Crippen MR) is 86.4 cm³/mol. The summed E-state index contributed by atoms with van der Waals surface area (Å²) in [6.45, 7) is 6.60. The molecule has 1 N–H and O–H groups in total. The molecular formula is C20H28O. The molecule has 0 aliphatic heterocycles. The van der Waals surface area contributed by atoms with E-state index in [1.54, 1.807) is 0 Å². The summed E-state index contributed by atoms with van der Waals surface area (Å²) < 4.78 is 0. The fourth-order valence-electron chi connectivity index (χ4n) is 6.06. The Bertz CT molecular complexity index is 520. The molecule has 0 aromatic heterocycles. The molecule has 21 heavy (non-hydrogen) atoms. The van der Waals surface area contributed by atoms with E-state index < -0.39 is 5.60 Å². The summed E-state index contributed by atoms with van der Waals surface area (Å²) in [4.78, 5) is 0. The van der Waals surface area contributed by atoms with Crippen molar-refractivity contribution in [1.82, 2.24) is 0 Å². The van der Waals surface area contributed by atoms with Crippen molar-refractivity contribution in [3.8, 4) is 0 Å². The van der Waals surface area contributed by atoms with Crippen LogP contribution in [0.3, 0.4) is 0 Å². The third kappa shape index (κ3) is 2.08. The Kier molecular flexibility index (Phi) is 3.02. The zero-order valence-electron chi connectivity index (χ0n) is 13.7. The van der Waals surface area contributed by atoms with Crippen molar-refractivity contribution in [2.24, 2.45) is 23.7 Å². The smallest absolute Gasteiger partial charge is 0.0744 e. The maximum atomic E-state index is 11.6. The molecule has 0 amide bonds. The van der Waals surface area contributed by atoms with Crippen molar-refractivity contribution in [2.75, 3.05) is 0 Å². The van der Waals surface area contributed by atoms with Crippen molar-refractivity contribution in [1.29, 1.82) is 0 Å². The summed E-state index contributed by atoms with van der Waals surface area (Å²) in [6.07, 6.45) is 7.48. The average molecular weight is 284 g/mol. The van der Waals surface area contributed by atoms with Crippen molar-refractivity contribution in [3.05, 3.63) is 34.4 Å². The summed E-state index contributed by atoms with van der Waals surface area (Å²) in [5.74, 6) is 2.98. The third-order valence-corrected chi connectivity index (χ3v) is 6.85. The number of benzene rings is 1. The first-order valence-corrected chi connectivity index (χ1v) is 8.75. The molecule has 4 saturated carbocycles. The maximum absolute atomic E-state index is 11.6. The van der Waals surface area contributed by atoms with Gasteiger partial charge < -0.3 is 5.11 Å². The van der Waals surface area contributed by atoms with Crippen LogP contribution in [0.25, 0.3) is 0 Å². The van der Waals surface area contributed by atoms with Gasteiger partial charge >= 0.3 is 0 Å². The molecule has 4 fully saturated rings. The fraction of sp³-hybridized carbons (Fsp3) is 0.700. The molecule has 1 heteroatoms. The van der Waals surface area contributed by atoms with Crippen molar-refractivity contribution < 1.29 is 5.11 Å². The second kappa shape index (κ2) is 4.59. The highest BCUT2D eigenvalue weighted by molar-refractivity contribution is 5.39. The fourth-order valence-corrected chi connectivity index (χ4v) is 6.06. The molecule has 4 aliphatic carbocycles. The van der Waals surface area contributed by atoms with Gasteiger partial charge in [-0.05, 0) is 93.2 Å². The van der Waals surface area contributed by atoms with E-state index in [1.807, 2.05) is 0 Å². The van der Waals surface area contributed by atoms with E-state index in [1.165, 1.54) is 54.4 Å². The number of rotatable bonds is 2. The van der Waals surface area contributed by atoms with E-state index in [9.17, 15) is 5.11 Å². The minimum atomic E-state index is -0.418. The molecule has 1 aromatic carbocycles. The SMILES string of the molecule is Cc1cc(C)c(CC2(O)C3CC4CC(C3)CC2C4)c(C)c1. The van der Waals surface area contributed by atoms with Gasteiger partial charge in [-0.2, -0.15) is 0 Å². The lowest BCUT2D eigenvalue weighted by Crippen LogP contribution is -2.58. The molecule has 0 heterocycles. The molecule has 5 rings (SSSR count). The Morgan fingerprint density at radius 1 is 0.905 bits per heavy atom. The van der Waals surface area contributed by atoms with Gasteiger partial charge in [0, 0.05) is 6.42 Å². The monoisotopic (exact) mass is 284 g/mol. The van der Waals surface area contributed by atoms with Gasteiger partial charge in [-0.1, -0.05) is 17.7 Å². The van der Waals surface area contributed by atoms with Crippen LogP contribution in [-0.2, 0) is 6.42 Å². The highest BCUT2D eigenvalue weighted by Gasteiger charge is 2.56. The highest BCUT2D eigenvalue weighted by atomic mass is 16.3. The summed E-state index contributed by atoms with van der Waals surface area (Å²) in [6, 6.07) is 4.56. The third-order valence-electron chi connectivity index (χ3n) is 6.85. The van der Waals surface area contributed by atoms with Crippen LogP contribution in [0.1, 0.15) is 54.4 Å².